The number of rotatable bonds is 3. The van der Waals surface area contributed by atoms with E-state index in [1.807, 2.05) is 0 Å². The molecule has 2 aliphatic carbocycles. The van der Waals surface area contributed by atoms with Crippen molar-refractivity contribution in [1.29, 1.82) is 0 Å². The van der Waals surface area contributed by atoms with Crippen molar-refractivity contribution < 1.29 is 9.90 Å². The Kier molecular flexibility index (Phi) is 3.76. The first kappa shape index (κ1) is 14.5. The highest BCUT2D eigenvalue weighted by atomic mass is 16.5. The van der Waals surface area contributed by atoms with E-state index in [1.165, 1.54) is 0 Å². The van der Waals surface area contributed by atoms with E-state index < -0.39 is 5.92 Å². The predicted molar refractivity (Wildman–Crippen MR) is 81.0 cm³/mol. The minimum absolute atomic E-state index is 0.179. The van der Waals surface area contributed by atoms with E-state index >= 15 is 0 Å². The van der Waals surface area contributed by atoms with Gasteiger partial charge in [-0.25, -0.2) is 0 Å². The zero-order valence-corrected chi connectivity index (χ0v) is 12.4. The lowest BCUT2D eigenvalue weighted by atomic mass is 9.79. The molecule has 114 valence electrons. The Morgan fingerprint density at radius 2 is 2.24 bits per heavy atom. The van der Waals surface area contributed by atoms with Crippen molar-refractivity contribution in [3.05, 3.63) is 40.7 Å². The van der Waals surface area contributed by atoms with Gasteiger partial charge >= 0.3 is 0 Å². The van der Waals surface area contributed by atoms with Crippen molar-refractivity contribution in [2.24, 2.45) is 17.8 Å². The van der Waals surface area contributed by atoms with Gasteiger partial charge in [0.15, 0.2) is 0 Å². The van der Waals surface area contributed by atoms with Crippen molar-refractivity contribution >= 4 is 5.91 Å². The van der Waals surface area contributed by atoms with Crippen molar-refractivity contribution in [1.82, 2.24) is 5.06 Å². The van der Waals surface area contributed by atoms with Gasteiger partial charge in [0.25, 0.3) is 0 Å². The topological polar surface area (TPSA) is 63.6 Å². The highest BCUT2D eigenvalue weighted by Crippen LogP contribution is 2.46. The van der Waals surface area contributed by atoms with E-state index in [9.17, 15) is 15.1 Å². The van der Waals surface area contributed by atoms with E-state index in [0.29, 0.717) is 23.9 Å². The summed E-state index contributed by atoms with van der Waals surface area (Å²) < 4.78 is 0. The number of nitrogens with zero attached hydrogens (tertiary/aromatic N) is 1. The van der Waals surface area contributed by atoms with Gasteiger partial charge in [-0.3, -0.25) is 4.79 Å². The van der Waals surface area contributed by atoms with E-state index in [4.69, 9.17) is 0 Å². The summed E-state index contributed by atoms with van der Waals surface area (Å²) in [7, 11) is 0. The lowest BCUT2D eigenvalue weighted by Gasteiger charge is -2.38. The maximum Gasteiger partial charge on any atom is 0.219 e. The molecule has 1 saturated carbocycles. The van der Waals surface area contributed by atoms with Crippen LogP contribution in [0, 0.1) is 23.0 Å². The van der Waals surface area contributed by atoms with E-state index in [0.717, 1.165) is 36.0 Å². The first-order chi connectivity index (χ1) is 9.99. The van der Waals surface area contributed by atoms with Crippen LogP contribution in [0.15, 0.2) is 35.5 Å². The Labute approximate surface area is 125 Å². The third kappa shape index (κ3) is 2.70. The van der Waals surface area contributed by atoms with Crippen LogP contribution in [0.1, 0.15) is 32.6 Å². The van der Waals surface area contributed by atoms with Crippen LogP contribution in [-0.2, 0) is 4.79 Å². The molecule has 1 saturated heterocycles. The highest BCUT2D eigenvalue weighted by molar-refractivity contribution is 5.84. The zero-order valence-electron chi connectivity index (χ0n) is 12.4. The molecule has 1 N–H and O–H groups in total. The highest BCUT2D eigenvalue weighted by Gasteiger charge is 2.41. The third-order valence-corrected chi connectivity index (χ3v) is 4.79. The molecule has 0 aromatic carbocycles. The Bertz CT molecular complexity index is 534. The number of hydroxylamine groups is 2. The molecule has 1 heterocycles. The van der Waals surface area contributed by atoms with Gasteiger partial charge in [0.1, 0.15) is 0 Å². The van der Waals surface area contributed by atoms with Crippen LogP contribution >= 0.6 is 0 Å². The number of carbonyl (C=O) groups is 1. The molecule has 3 aliphatic rings. The smallest absolute Gasteiger partial charge is 0.219 e. The number of amides is 1. The summed E-state index contributed by atoms with van der Waals surface area (Å²) >= 11 is 0. The number of piperidine rings is 1. The van der Waals surface area contributed by atoms with Crippen molar-refractivity contribution in [3.8, 4) is 0 Å². The quantitative estimate of drug-likeness (QED) is 0.868. The van der Waals surface area contributed by atoms with Gasteiger partial charge in [-0.05, 0) is 48.3 Å². The SMILES string of the molecule is C=C(C1=CCC(C)C=C1C1CC1O)C1CCCN([O-])C1=O. The number of aliphatic hydroxyl groups excluding tert-OH is 1. The van der Waals surface area contributed by atoms with Crippen molar-refractivity contribution in [3.63, 3.8) is 0 Å². The van der Waals surface area contributed by atoms with Crippen LogP contribution in [0.4, 0.5) is 0 Å². The van der Waals surface area contributed by atoms with Crippen LogP contribution in [0.25, 0.3) is 0 Å². The second-order valence-corrected chi connectivity index (χ2v) is 6.52. The Morgan fingerprint density at radius 3 is 2.90 bits per heavy atom. The molecule has 0 aromatic heterocycles. The van der Waals surface area contributed by atoms with Gasteiger partial charge in [0.2, 0.25) is 5.91 Å². The van der Waals surface area contributed by atoms with E-state index in [1.54, 1.807) is 0 Å². The van der Waals surface area contributed by atoms with Gasteiger partial charge in [-0.15, -0.1) is 0 Å². The largest absolute Gasteiger partial charge is 0.756 e. The van der Waals surface area contributed by atoms with Gasteiger partial charge < -0.3 is 15.4 Å². The van der Waals surface area contributed by atoms with E-state index in [-0.39, 0.29) is 17.9 Å². The fourth-order valence-corrected chi connectivity index (χ4v) is 3.40. The van der Waals surface area contributed by atoms with Gasteiger partial charge in [-0.1, -0.05) is 25.7 Å². The molecule has 4 heteroatoms. The summed E-state index contributed by atoms with van der Waals surface area (Å²) in [6, 6.07) is 0. The summed E-state index contributed by atoms with van der Waals surface area (Å²) in [6.07, 6.45) is 7.19. The second-order valence-electron chi connectivity index (χ2n) is 6.52. The Hall–Kier alpha value is -1.39. The van der Waals surface area contributed by atoms with Gasteiger partial charge in [-0.2, -0.15) is 0 Å². The monoisotopic (exact) mass is 288 g/mol. The number of hydrogen-bond acceptors (Lipinski definition) is 3. The summed E-state index contributed by atoms with van der Waals surface area (Å²) in [5.74, 6) is -0.128. The van der Waals surface area contributed by atoms with Crippen LogP contribution < -0.4 is 0 Å². The fourth-order valence-electron chi connectivity index (χ4n) is 3.40. The molecule has 1 aliphatic heterocycles. The number of aliphatic hydroxyl groups is 1. The zero-order chi connectivity index (χ0) is 15.1. The van der Waals surface area contributed by atoms with Crippen LogP contribution in [-0.4, -0.2) is 28.7 Å². The number of carbonyl (C=O) groups excluding carboxylic acids is 1. The molecule has 2 fully saturated rings. The molecule has 21 heavy (non-hydrogen) atoms. The average molecular weight is 288 g/mol. The average Bonchev–Trinajstić information content (AvgIpc) is 3.18. The normalized spacial score (nSPS) is 36.1. The maximum absolute atomic E-state index is 12.1. The lowest BCUT2D eigenvalue weighted by Crippen LogP contribution is -2.38. The molecule has 3 rings (SSSR count). The molecule has 1 amide bonds. The molecule has 0 aromatic rings. The second kappa shape index (κ2) is 5.43. The molecular formula is C17H22NO3-. The first-order valence-electron chi connectivity index (χ1n) is 7.77. The van der Waals surface area contributed by atoms with Crippen LogP contribution in [0.2, 0.25) is 0 Å². The van der Waals surface area contributed by atoms with Gasteiger partial charge in [0.05, 0.1) is 12.0 Å². The van der Waals surface area contributed by atoms with Crippen LogP contribution in [0.5, 0.6) is 0 Å². The molecule has 0 radical (unpaired) electrons. The first-order valence-corrected chi connectivity index (χ1v) is 7.77. The number of allylic oxidation sites excluding steroid dienone is 3. The lowest BCUT2D eigenvalue weighted by molar-refractivity contribution is -0.133. The molecule has 0 spiro atoms. The fraction of sp³-hybridized carbons (Fsp3) is 0.588. The predicted octanol–water partition coefficient (Wildman–Crippen LogP) is 2.55. The molecule has 0 bridgehead atoms. The maximum atomic E-state index is 12.1. The van der Waals surface area contributed by atoms with Gasteiger partial charge in [0, 0.05) is 12.5 Å². The number of hydrogen-bond donors (Lipinski definition) is 1. The molecule has 4 atom stereocenters. The Morgan fingerprint density at radius 1 is 1.52 bits per heavy atom. The molecule has 4 nitrogen and oxygen atoms in total. The third-order valence-electron chi connectivity index (χ3n) is 4.79. The van der Waals surface area contributed by atoms with Crippen molar-refractivity contribution in [2.45, 2.75) is 38.7 Å². The summed E-state index contributed by atoms with van der Waals surface area (Å²) in [6.45, 7) is 6.56. The summed E-state index contributed by atoms with van der Waals surface area (Å²) in [4.78, 5) is 12.1. The molecule has 4 unspecified atom stereocenters. The standard InChI is InChI=1S/C17H22NO3/c1-10-5-6-12(14(8-10)15-9-16(15)19)11(2)13-4-3-7-18(21)17(13)20/h6,8,10,13,15-16,19H,2-5,7,9H2,1H3/q-1. The molecular weight excluding hydrogens is 266 g/mol. The van der Waals surface area contributed by atoms with E-state index in [2.05, 4.69) is 25.7 Å². The minimum atomic E-state index is -0.393. The Balaban J connectivity index is 1.83. The van der Waals surface area contributed by atoms with Crippen molar-refractivity contribution in [2.75, 3.05) is 6.54 Å². The summed E-state index contributed by atoms with van der Waals surface area (Å²) in [5, 5.41) is 21.9. The minimum Gasteiger partial charge on any atom is -0.756 e. The van der Waals surface area contributed by atoms with Crippen LogP contribution in [0.3, 0.4) is 0 Å². The summed E-state index contributed by atoms with van der Waals surface area (Å²) in [5.41, 5.74) is 2.89.